The van der Waals surface area contributed by atoms with Crippen LogP contribution in [0, 0.1) is 0 Å². The van der Waals surface area contributed by atoms with E-state index >= 15 is 0 Å². The highest BCUT2D eigenvalue weighted by Crippen LogP contribution is 2.20. The Balaban J connectivity index is 1.62. The van der Waals surface area contributed by atoms with Gasteiger partial charge in [0.2, 0.25) is 27.6 Å². The van der Waals surface area contributed by atoms with Crippen LogP contribution in [0.4, 0.5) is 0 Å². The molecule has 0 aliphatic heterocycles. The number of hydrogen-bond acceptors (Lipinski definition) is 7. The number of sulfonamides is 1. The summed E-state index contributed by atoms with van der Waals surface area (Å²) in [6.07, 6.45) is 0. The first-order chi connectivity index (χ1) is 14.7. The lowest BCUT2D eigenvalue weighted by Gasteiger charge is -2.20. The molecular formula is C20H21ClN4O5S. The Bertz CT molecular complexity index is 1150. The van der Waals surface area contributed by atoms with Crippen molar-refractivity contribution >= 4 is 27.5 Å². The van der Waals surface area contributed by atoms with Gasteiger partial charge >= 0.3 is 0 Å². The van der Waals surface area contributed by atoms with Crippen molar-refractivity contribution in [2.45, 2.75) is 11.4 Å². The van der Waals surface area contributed by atoms with Crippen LogP contribution < -0.4 is 4.74 Å². The molecule has 1 aromatic heterocycles. The molecule has 3 aromatic rings. The van der Waals surface area contributed by atoms with E-state index in [4.69, 9.17) is 20.9 Å². The Morgan fingerprint density at radius 1 is 1.10 bits per heavy atom. The normalized spacial score (nSPS) is 11.5. The van der Waals surface area contributed by atoms with E-state index in [0.717, 1.165) is 9.87 Å². The Hall–Kier alpha value is -2.95. The van der Waals surface area contributed by atoms with Gasteiger partial charge in [0.25, 0.3) is 0 Å². The molecule has 0 fully saturated rings. The lowest BCUT2D eigenvalue weighted by molar-refractivity contribution is -0.130. The first-order valence-corrected chi connectivity index (χ1v) is 11.0. The molecule has 0 saturated heterocycles. The molecule has 0 bridgehead atoms. The van der Waals surface area contributed by atoms with E-state index < -0.39 is 15.9 Å². The van der Waals surface area contributed by atoms with Crippen molar-refractivity contribution in [1.29, 1.82) is 0 Å². The van der Waals surface area contributed by atoms with Crippen molar-refractivity contribution < 1.29 is 22.5 Å². The predicted molar refractivity (Wildman–Crippen MR) is 114 cm³/mol. The molecule has 1 heterocycles. The number of hydrogen-bond donors (Lipinski definition) is 0. The zero-order valence-electron chi connectivity index (χ0n) is 17.1. The lowest BCUT2D eigenvalue weighted by Crippen LogP contribution is -2.39. The molecule has 164 valence electrons. The lowest BCUT2D eigenvalue weighted by atomic mass is 10.2. The topological polar surface area (TPSA) is 106 Å². The van der Waals surface area contributed by atoms with E-state index in [1.54, 1.807) is 31.4 Å². The monoisotopic (exact) mass is 464 g/mol. The Morgan fingerprint density at radius 2 is 1.74 bits per heavy atom. The number of nitrogens with zero attached hydrogens (tertiary/aromatic N) is 4. The number of rotatable bonds is 8. The summed E-state index contributed by atoms with van der Waals surface area (Å²) in [4.78, 5) is 18.2. The zero-order chi connectivity index (χ0) is 22.6. The highest BCUT2D eigenvalue weighted by molar-refractivity contribution is 7.89. The fourth-order valence-electron chi connectivity index (χ4n) is 2.65. The third kappa shape index (κ3) is 5.40. The minimum Gasteiger partial charge on any atom is -0.497 e. The molecule has 0 unspecified atom stereocenters. The molecule has 0 saturated carbocycles. The quantitative estimate of drug-likeness (QED) is 0.504. The Labute approximate surface area is 185 Å². The molecule has 9 nitrogen and oxygen atoms in total. The third-order valence-electron chi connectivity index (χ3n) is 4.49. The van der Waals surface area contributed by atoms with Crippen LogP contribution in [0.3, 0.4) is 0 Å². The van der Waals surface area contributed by atoms with Crippen LogP contribution in [0.25, 0.3) is 11.4 Å². The SMILES string of the molecule is COc1ccc(-c2noc(CN(C)C(=O)CN(C)S(=O)(=O)c3ccc(Cl)cc3)n2)cc1. The fourth-order valence-corrected chi connectivity index (χ4v) is 3.90. The van der Waals surface area contributed by atoms with Crippen LogP contribution in [-0.4, -0.2) is 61.4 Å². The second-order valence-electron chi connectivity index (χ2n) is 6.71. The first kappa shape index (κ1) is 22.7. The van der Waals surface area contributed by atoms with E-state index in [-0.39, 0.29) is 23.9 Å². The smallest absolute Gasteiger partial charge is 0.246 e. The summed E-state index contributed by atoms with van der Waals surface area (Å²) in [5, 5.41) is 4.34. The maximum absolute atomic E-state index is 12.6. The standard InChI is InChI=1S/C20H21ClN4O5S/c1-24(12-18-22-20(23-30-18)14-4-8-16(29-3)9-5-14)19(26)13-25(2)31(27,28)17-10-6-15(21)7-11-17/h4-11H,12-13H2,1-3H3. The van der Waals surface area contributed by atoms with Crippen LogP contribution in [0.5, 0.6) is 5.75 Å². The molecule has 0 aliphatic rings. The highest BCUT2D eigenvalue weighted by atomic mass is 35.5. The van der Waals surface area contributed by atoms with Gasteiger partial charge in [0, 0.05) is 24.7 Å². The van der Waals surface area contributed by atoms with Crippen LogP contribution in [0.1, 0.15) is 5.89 Å². The number of amides is 1. The van der Waals surface area contributed by atoms with E-state index in [0.29, 0.717) is 16.6 Å². The molecule has 0 spiro atoms. The molecule has 0 atom stereocenters. The van der Waals surface area contributed by atoms with Crippen LogP contribution >= 0.6 is 11.6 Å². The number of carbonyl (C=O) groups excluding carboxylic acids is 1. The highest BCUT2D eigenvalue weighted by Gasteiger charge is 2.25. The van der Waals surface area contributed by atoms with Gasteiger partial charge in [-0.2, -0.15) is 9.29 Å². The summed E-state index contributed by atoms with van der Waals surface area (Å²) < 4.78 is 36.6. The van der Waals surface area contributed by atoms with Gasteiger partial charge in [-0.1, -0.05) is 16.8 Å². The summed E-state index contributed by atoms with van der Waals surface area (Å²) >= 11 is 5.80. The summed E-state index contributed by atoms with van der Waals surface area (Å²) in [5.74, 6) is 0.880. The maximum atomic E-state index is 12.6. The van der Waals surface area contributed by atoms with Crippen LogP contribution in [0.2, 0.25) is 5.02 Å². The number of likely N-dealkylation sites (N-methyl/N-ethyl adjacent to an activating group) is 2. The second-order valence-corrected chi connectivity index (χ2v) is 9.19. The summed E-state index contributed by atoms with van der Waals surface area (Å²) in [6.45, 7) is -0.308. The minimum absolute atomic E-state index is 0.0385. The van der Waals surface area contributed by atoms with Crippen LogP contribution in [-0.2, 0) is 21.4 Å². The number of benzene rings is 2. The van der Waals surface area contributed by atoms with E-state index in [9.17, 15) is 13.2 Å². The van der Waals surface area contributed by atoms with Crippen molar-refractivity contribution in [3.05, 3.63) is 59.4 Å². The van der Waals surface area contributed by atoms with Gasteiger partial charge in [-0.3, -0.25) is 4.79 Å². The molecule has 2 aromatic carbocycles. The fraction of sp³-hybridized carbons (Fsp3) is 0.250. The molecule has 31 heavy (non-hydrogen) atoms. The maximum Gasteiger partial charge on any atom is 0.246 e. The van der Waals surface area contributed by atoms with Crippen molar-refractivity contribution in [1.82, 2.24) is 19.3 Å². The van der Waals surface area contributed by atoms with Gasteiger partial charge in [0.15, 0.2) is 0 Å². The number of ether oxygens (including phenoxy) is 1. The van der Waals surface area contributed by atoms with Gasteiger partial charge in [0.05, 0.1) is 25.1 Å². The molecule has 0 N–H and O–H groups in total. The first-order valence-electron chi connectivity index (χ1n) is 9.13. The molecule has 0 radical (unpaired) electrons. The zero-order valence-corrected chi connectivity index (χ0v) is 18.7. The largest absolute Gasteiger partial charge is 0.497 e. The molecular weight excluding hydrogens is 444 g/mol. The summed E-state index contributed by atoms with van der Waals surface area (Å²) in [5.41, 5.74) is 0.735. The van der Waals surface area contributed by atoms with Crippen molar-refractivity contribution in [3.8, 4) is 17.1 Å². The van der Waals surface area contributed by atoms with Gasteiger partial charge in [0.1, 0.15) is 5.75 Å². The van der Waals surface area contributed by atoms with E-state index in [2.05, 4.69) is 10.1 Å². The summed E-state index contributed by atoms with van der Waals surface area (Å²) in [6, 6.07) is 12.9. The second kappa shape index (κ2) is 9.46. The van der Waals surface area contributed by atoms with Crippen molar-refractivity contribution in [2.24, 2.45) is 0 Å². The number of carbonyl (C=O) groups is 1. The molecule has 11 heteroatoms. The van der Waals surface area contributed by atoms with Crippen LogP contribution in [0.15, 0.2) is 57.9 Å². The Kier molecular flexibility index (Phi) is 6.94. The van der Waals surface area contributed by atoms with Gasteiger partial charge in [-0.15, -0.1) is 0 Å². The van der Waals surface area contributed by atoms with E-state index in [1.165, 1.54) is 43.3 Å². The third-order valence-corrected chi connectivity index (χ3v) is 6.56. The molecule has 1 amide bonds. The molecule has 3 rings (SSSR count). The number of methoxy groups -OCH3 is 1. The van der Waals surface area contributed by atoms with Crippen molar-refractivity contribution in [3.63, 3.8) is 0 Å². The van der Waals surface area contributed by atoms with Crippen molar-refractivity contribution in [2.75, 3.05) is 27.7 Å². The van der Waals surface area contributed by atoms with Gasteiger partial charge < -0.3 is 14.2 Å². The predicted octanol–water partition coefficient (Wildman–Crippen LogP) is 2.68. The average Bonchev–Trinajstić information content (AvgIpc) is 3.22. The minimum atomic E-state index is -3.83. The van der Waals surface area contributed by atoms with Gasteiger partial charge in [-0.05, 0) is 48.5 Å². The van der Waals surface area contributed by atoms with Gasteiger partial charge in [-0.25, -0.2) is 8.42 Å². The van der Waals surface area contributed by atoms with E-state index in [1.807, 2.05) is 0 Å². The number of halogens is 1. The summed E-state index contributed by atoms with van der Waals surface area (Å²) in [7, 11) is 0.614. The number of aromatic nitrogens is 2. The Morgan fingerprint density at radius 3 is 2.35 bits per heavy atom. The average molecular weight is 465 g/mol. The molecule has 0 aliphatic carbocycles.